The minimum atomic E-state index is -0.520. The molecule has 3 aliphatic heterocycles. The highest BCUT2D eigenvalue weighted by Crippen LogP contribution is 2.48. The Balaban J connectivity index is 1.09. The highest BCUT2D eigenvalue weighted by Gasteiger charge is 2.61. The Morgan fingerprint density at radius 2 is 1.53 bits per heavy atom. The predicted octanol–water partition coefficient (Wildman–Crippen LogP) is 6.41. The zero-order valence-corrected chi connectivity index (χ0v) is 23.1. The molecule has 1 aromatic rings. The highest BCUT2D eigenvalue weighted by molar-refractivity contribution is 5.27. The van der Waals surface area contributed by atoms with E-state index in [1.165, 1.54) is 32.1 Å². The number of ether oxygens (including phenoxy) is 7. The van der Waals surface area contributed by atoms with Crippen LogP contribution < -0.4 is 4.74 Å². The van der Waals surface area contributed by atoms with Crippen LogP contribution in [0.1, 0.15) is 102 Å². The van der Waals surface area contributed by atoms with Crippen molar-refractivity contribution in [3.05, 3.63) is 29.8 Å². The summed E-state index contributed by atoms with van der Waals surface area (Å²) in [6, 6.07) is 8.25. The average Bonchev–Trinajstić information content (AvgIpc) is 3.60. The molecule has 0 amide bonds. The minimum absolute atomic E-state index is 0.179. The molecule has 5 aliphatic rings. The first-order chi connectivity index (χ1) is 18.7. The number of fused-ring (bicyclic) bond motifs is 1. The van der Waals surface area contributed by atoms with Crippen LogP contribution in [-0.2, 0) is 35.0 Å². The monoisotopic (exact) mass is 530 g/mol. The summed E-state index contributed by atoms with van der Waals surface area (Å²) < 4.78 is 45.0. The van der Waals surface area contributed by atoms with Crippen molar-refractivity contribution in [1.82, 2.24) is 0 Å². The van der Waals surface area contributed by atoms with Crippen molar-refractivity contribution in [2.75, 3.05) is 13.2 Å². The second-order valence-electron chi connectivity index (χ2n) is 11.9. The molecule has 212 valence electrons. The van der Waals surface area contributed by atoms with Crippen molar-refractivity contribution in [2.24, 2.45) is 0 Å². The normalized spacial score (nSPS) is 33.7. The van der Waals surface area contributed by atoms with Gasteiger partial charge in [-0.05, 0) is 49.8 Å². The van der Waals surface area contributed by atoms with Crippen molar-refractivity contribution < 1.29 is 33.2 Å². The third-order valence-electron chi connectivity index (χ3n) is 9.00. The van der Waals surface area contributed by atoms with E-state index in [-0.39, 0.29) is 24.4 Å². The van der Waals surface area contributed by atoms with Crippen molar-refractivity contribution in [3.8, 4) is 5.75 Å². The van der Waals surface area contributed by atoms with E-state index in [2.05, 4.69) is 19.1 Å². The standard InChI is InChI=1S/C31H46O7/c1-2-3-4-11-20-32-24-14-12-23(13-15-24)21-33-27-26(25-22-34-30(36-25)16-7-5-8-17-30)35-29-28(27)37-31(38-29)18-9-6-10-19-31/h12-15,25-29H,2-11,16-22H2,1H3/t25-,26+,27+,28+,29-/m0/s1. The molecule has 0 radical (unpaired) electrons. The molecule has 1 aromatic carbocycles. The molecule has 3 saturated heterocycles. The lowest BCUT2D eigenvalue weighted by molar-refractivity contribution is -0.263. The first-order valence-corrected chi connectivity index (χ1v) is 15.3. The summed E-state index contributed by atoms with van der Waals surface area (Å²) in [5.74, 6) is -0.0605. The van der Waals surface area contributed by atoms with Crippen LogP contribution in [0.3, 0.4) is 0 Å². The zero-order chi connectivity index (χ0) is 25.8. The van der Waals surface area contributed by atoms with Gasteiger partial charge in [0.2, 0.25) is 0 Å². The third-order valence-corrected chi connectivity index (χ3v) is 9.00. The number of hydrogen-bond acceptors (Lipinski definition) is 7. The van der Waals surface area contributed by atoms with Gasteiger partial charge in [-0.3, -0.25) is 0 Å². The molecule has 0 aromatic heterocycles. The number of hydrogen-bond donors (Lipinski definition) is 0. The maximum Gasteiger partial charge on any atom is 0.190 e. The van der Waals surface area contributed by atoms with E-state index in [9.17, 15) is 0 Å². The van der Waals surface area contributed by atoms with Gasteiger partial charge in [0.15, 0.2) is 17.9 Å². The van der Waals surface area contributed by atoms with Crippen molar-refractivity contribution in [1.29, 1.82) is 0 Å². The number of benzene rings is 1. The molecule has 0 unspecified atom stereocenters. The van der Waals surface area contributed by atoms with Gasteiger partial charge >= 0.3 is 0 Å². The summed E-state index contributed by atoms with van der Waals surface area (Å²) in [6.07, 6.45) is 14.2. The van der Waals surface area contributed by atoms with Gasteiger partial charge in [0, 0.05) is 25.7 Å². The van der Waals surface area contributed by atoms with Crippen molar-refractivity contribution in [3.63, 3.8) is 0 Å². The SMILES string of the molecule is CCCCCCOc1ccc(CO[C@H]2[C@H]3OC4(CCCCC4)O[C@@H]3O[C@@H]2[C@@H]2COC3(CCCCC3)O2)cc1. The first-order valence-electron chi connectivity index (χ1n) is 15.3. The van der Waals surface area contributed by atoms with E-state index in [1.807, 2.05) is 12.1 Å². The molecule has 38 heavy (non-hydrogen) atoms. The largest absolute Gasteiger partial charge is 0.494 e. The summed E-state index contributed by atoms with van der Waals surface area (Å²) in [5, 5.41) is 0. The van der Waals surface area contributed by atoms with E-state index in [0.717, 1.165) is 75.7 Å². The Bertz CT molecular complexity index is 877. The Hall–Kier alpha value is -1.22. The van der Waals surface area contributed by atoms with Gasteiger partial charge in [-0.25, -0.2) is 0 Å². The number of rotatable bonds is 10. The first kappa shape index (κ1) is 27.0. The molecule has 0 N–H and O–H groups in total. The number of unbranched alkanes of at least 4 members (excludes halogenated alkanes) is 3. The zero-order valence-electron chi connectivity index (χ0n) is 23.1. The molecule has 2 spiro atoms. The van der Waals surface area contributed by atoms with Crippen LogP contribution in [0, 0.1) is 0 Å². The summed E-state index contributed by atoms with van der Waals surface area (Å²) in [7, 11) is 0. The van der Waals surface area contributed by atoms with Gasteiger partial charge in [-0.1, -0.05) is 51.2 Å². The van der Waals surface area contributed by atoms with E-state index in [1.54, 1.807) is 0 Å². The molecule has 0 bridgehead atoms. The molecule has 6 rings (SSSR count). The highest BCUT2D eigenvalue weighted by atomic mass is 16.9. The van der Waals surface area contributed by atoms with Gasteiger partial charge in [-0.2, -0.15) is 0 Å². The fourth-order valence-corrected chi connectivity index (χ4v) is 6.86. The Kier molecular flexibility index (Phi) is 8.60. The van der Waals surface area contributed by atoms with E-state index in [4.69, 9.17) is 33.2 Å². The van der Waals surface area contributed by atoms with E-state index >= 15 is 0 Å². The van der Waals surface area contributed by atoms with Crippen LogP contribution in [0.5, 0.6) is 5.75 Å². The fourth-order valence-electron chi connectivity index (χ4n) is 6.86. The van der Waals surface area contributed by atoms with E-state index in [0.29, 0.717) is 13.2 Å². The van der Waals surface area contributed by atoms with Gasteiger partial charge in [0.05, 0.1) is 19.8 Å². The predicted molar refractivity (Wildman–Crippen MR) is 142 cm³/mol. The molecule has 7 heteroatoms. The van der Waals surface area contributed by atoms with Crippen LogP contribution in [0.4, 0.5) is 0 Å². The van der Waals surface area contributed by atoms with Gasteiger partial charge in [0.1, 0.15) is 30.2 Å². The van der Waals surface area contributed by atoms with Crippen molar-refractivity contribution >= 4 is 0 Å². The minimum Gasteiger partial charge on any atom is -0.494 e. The maximum absolute atomic E-state index is 6.64. The van der Waals surface area contributed by atoms with Crippen LogP contribution in [0.25, 0.3) is 0 Å². The third kappa shape index (κ3) is 5.93. The van der Waals surface area contributed by atoms with Gasteiger partial charge in [-0.15, -0.1) is 0 Å². The van der Waals surface area contributed by atoms with Crippen LogP contribution >= 0.6 is 0 Å². The second-order valence-corrected chi connectivity index (χ2v) is 11.9. The lowest BCUT2D eigenvalue weighted by atomic mass is 9.94. The summed E-state index contributed by atoms with van der Waals surface area (Å²) in [5.41, 5.74) is 1.10. The molecule has 5 fully saturated rings. The molecule has 2 saturated carbocycles. The Morgan fingerprint density at radius 3 is 2.26 bits per heavy atom. The Morgan fingerprint density at radius 1 is 0.789 bits per heavy atom. The van der Waals surface area contributed by atoms with Crippen LogP contribution in [0.2, 0.25) is 0 Å². The topological polar surface area (TPSA) is 64.6 Å². The average molecular weight is 531 g/mol. The fraction of sp³-hybridized carbons (Fsp3) is 0.806. The summed E-state index contributed by atoms with van der Waals surface area (Å²) in [6.45, 7) is 3.99. The van der Waals surface area contributed by atoms with Crippen LogP contribution in [-0.4, -0.2) is 55.5 Å². The quantitative estimate of drug-likeness (QED) is 0.324. The lowest BCUT2D eigenvalue weighted by Gasteiger charge is -2.35. The molecule has 3 heterocycles. The molecule has 7 nitrogen and oxygen atoms in total. The van der Waals surface area contributed by atoms with Crippen LogP contribution in [0.15, 0.2) is 24.3 Å². The smallest absolute Gasteiger partial charge is 0.190 e. The lowest BCUT2D eigenvalue weighted by Crippen LogP contribution is -2.45. The van der Waals surface area contributed by atoms with Gasteiger partial charge in [0.25, 0.3) is 0 Å². The van der Waals surface area contributed by atoms with Crippen molar-refractivity contribution in [2.45, 2.75) is 146 Å². The summed E-state index contributed by atoms with van der Waals surface area (Å²) in [4.78, 5) is 0. The van der Waals surface area contributed by atoms with E-state index < -0.39 is 17.9 Å². The summed E-state index contributed by atoms with van der Waals surface area (Å²) >= 11 is 0. The molecular formula is C31H46O7. The second kappa shape index (κ2) is 12.1. The maximum atomic E-state index is 6.64. The molecule has 2 aliphatic carbocycles. The molecule has 5 atom stereocenters. The van der Waals surface area contributed by atoms with Gasteiger partial charge < -0.3 is 33.2 Å². The molecular weight excluding hydrogens is 484 g/mol. The Labute approximate surface area is 227 Å².